The highest BCUT2D eigenvalue weighted by Crippen LogP contribution is 2.33. The van der Waals surface area contributed by atoms with E-state index >= 15 is 0 Å². The van der Waals surface area contributed by atoms with Crippen molar-refractivity contribution < 1.29 is 9.84 Å². The number of aliphatic imine (C=N–C) groups is 1. The topological polar surface area (TPSA) is 67.6 Å². The van der Waals surface area contributed by atoms with Crippen molar-refractivity contribution in [3.05, 3.63) is 45.4 Å². The van der Waals surface area contributed by atoms with Crippen molar-refractivity contribution in [2.45, 2.75) is 72.1 Å². The number of aromatic hydroxyl groups is 1. The molecular weight excluding hydrogens is 442 g/mol. The van der Waals surface area contributed by atoms with Gasteiger partial charge in [-0.3, -0.25) is 4.99 Å². The van der Waals surface area contributed by atoms with Crippen LogP contribution in [0.2, 0.25) is 0 Å². The molecule has 0 aliphatic heterocycles. The summed E-state index contributed by atoms with van der Waals surface area (Å²) in [5, 5.41) is 10.3. The molecule has 2 rings (SSSR count). The fraction of sp³-hybridized carbons (Fsp3) is 0.542. The van der Waals surface area contributed by atoms with E-state index in [-0.39, 0.29) is 5.75 Å². The minimum absolute atomic E-state index is 0.123. The van der Waals surface area contributed by atoms with E-state index in [1.807, 2.05) is 19.9 Å². The van der Waals surface area contributed by atoms with Gasteiger partial charge in [0.25, 0.3) is 0 Å². The number of phenols is 1. The standard InChI is InChI=1S/C24H34BrN3O2/c1-5-8-10-18(6-2)24-27-17(4)13-21(28-24)11-9-12-26-16-19-14-20(25)15-22(23(19)29)30-7-3/h13-16,18,29H,5-12H2,1-4H3. The van der Waals surface area contributed by atoms with E-state index in [2.05, 4.69) is 40.8 Å². The van der Waals surface area contributed by atoms with E-state index in [1.165, 1.54) is 12.8 Å². The molecule has 0 aliphatic rings. The van der Waals surface area contributed by atoms with Gasteiger partial charge in [-0.25, -0.2) is 9.97 Å². The van der Waals surface area contributed by atoms with Crippen LogP contribution in [-0.2, 0) is 6.42 Å². The molecule has 0 fully saturated rings. The molecule has 164 valence electrons. The second-order valence-electron chi connectivity index (χ2n) is 7.52. The summed E-state index contributed by atoms with van der Waals surface area (Å²) in [6.45, 7) is 9.54. The van der Waals surface area contributed by atoms with Crippen LogP contribution in [0.15, 0.2) is 27.7 Å². The lowest BCUT2D eigenvalue weighted by molar-refractivity contribution is 0.317. The summed E-state index contributed by atoms with van der Waals surface area (Å²) in [7, 11) is 0. The van der Waals surface area contributed by atoms with Crippen LogP contribution >= 0.6 is 15.9 Å². The number of hydrogen-bond donors (Lipinski definition) is 1. The predicted octanol–water partition coefficient (Wildman–Crippen LogP) is 6.39. The van der Waals surface area contributed by atoms with Crippen LogP contribution in [0.5, 0.6) is 11.5 Å². The van der Waals surface area contributed by atoms with Gasteiger partial charge >= 0.3 is 0 Å². The van der Waals surface area contributed by atoms with E-state index in [4.69, 9.17) is 14.7 Å². The zero-order chi connectivity index (χ0) is 21.9. The molecule has 0 radical (unpaired) electrons. The van der Waals surface area contributed by atoms with Crippen LogP contribution in [-0.4, -0.2) is 34.4 Å². The van der Waals surface area contributed by atoms with Crippen molar-refractivity contribution in [2.24, 2.45) is 4.99 Å². The Morgan fingerprint density at radius 3 is 2.67 bits per heavy atom. The number of nitrogens with zero attached hydrogens (tertiary/aromatic N) is 3. The Kier molecular flexibility index (Phi) is 10.3. The van der Waals surface area contributed by atoms with Gasteiger partial charge in [0.2, 0.25) is 0 Å². The van der Waals surface area contributed by atoms with Crippen LogP contribution in [0.25, 0.3) is 0 Å². The monoisotopic (exact) mass is 475 g/mol. The summed E-state index contributed by atoms with van der Waals surface area (Å²) in [6, 6.07) is 5.67. The number of ether oxygens (including phenoxy) is 1. The number of benzene rings is 1. The van der Waals surface area contributed by atoms with Crippen molar-refractivity contribution in [2.75, 3.05) is 13.2 Å². The van der Waals surface area contributed by atoms with Crippen molar-refractivity contribution in [1.29, 1.82) is 0 Å². The highest BCUT2D eigenvalue weighted by molar-refractivity contribution is 9.10. The molecule has 0 saturated heterocycles. The number of aryl methyl sites for hydroxylation is 2. The Hall–Kier alpha value is -1.95. The molecule has 2 aromatic rings. The molecule has 5 nitrogen and oxygen atoms in total. The van der Waals surface area contributed by atoms with Gasteiger partial charge in [-0.1, -0.05) is 42.6 Å². The maximum atomic E-state index is 10.3. The largest absolute Gasteiger partial charge is 0.504 e. The molecule has 1 N–H and O–H groups in total. The molecule has 1 atom stereocenters. The van der Waals surface area contributed by atoms with Gasteiger partial charge in [0.1, 0.15) is 5.82 Å². The first-order chi connectivity index (χ1) is 14.5. The maximum Gasteiger partial charge on any atom is 0.166 e. The fourth-order valence-corrected chi connectivity index (χ4v) is 3.86. The molecule has 0 bridgehead atoms. The van der Waals surface area contributed by atoms with Crippen LogP contribution in [0.4, 0.5) is 0 Å². The average molecular weight is 476 g/mol. The van der Waals surface area contributed by atoms with E-state index < -0.39 is 0 Å². The Balaban J connectivity index is 1.97. The second-order valence-corrected chi connectivity index (χ2v) is 8.44. The second kappa shape index (κ2) is 12.7. The minimum Gasteiger partial charge on any atom is -0.504 e. The van der Waals surface area contributed by atoms with E-state index in [9.17, 15) is 5.11 Å². The molecule has 1 unspecified atom stereocenters. The number of rotatable bonds is 12. The van der Waals surface area contributed by atoms with E-state index in [1.54, 1.807) is 12.3 Å². The van der Waals surface area contributed by atoms with Gasteiger partial charge in [-0.05, 0) is 57.7 Å². The van der Waals surface area contributed by atoms with Gasteiger partial charge in [0.15, 0.2) is 11.5 Å². The van der Waals surface area contributed by atoms with Crippen LogP contribution in [0.3, 0.4) is 0 Å². The Morgan fingerprint density at radius 2 is 1.97 bits per heavy atom. The molecule has 1 aromatic carbocycles. The lowest BCUT2D eigenvalue weighted by atomic mass is 9.98. The lowest BCUT2D eigenvalue weighted by Crippen LogP contribution is -2.08. The third-order valence-corrected chi connectivity index (χ3v) is 5.47. The number of halogens is 1. The van der Waals surface area contributed by atoms with Crippen molar-refractivity contribution >= 4 is 22.1 Å². The van der Waals surface area contributed by atoms with Crippen LogP contribution in [0.1, 0.15) is 81.6 Å². The maximum absolute atomic E-state index is 10.3. The van der Waals surface area contributed by atoms with Crippen molar-refractivity contribution in [3.8, 4) is 11.5 Å². The number of hydrogen-bond acceptors (Lipinski definition) is 5. The third kappa shape index (κ3) is 7.38. The minimum atomic E-state index is 0.123. The quantitative estimate of drug-likeness (QED) is 0.285. The molecular formula is C24H34BrN3O2. The third-order valence-electron chi connectivity index (χ3n) is 5.01. The first kappa shape index (κ1) is 24.3. The zero-order valence-corrected chi connectivity index (χ0v) is 20.2. The van der Waals surface area contributed by atoms with Gasteiger partial charge in [0.05, 0.1) is 6.61 Å². The molecule has 30 heavy (non-hydrogen) atoms. The molecule has 1 heterocycles. The summed E-state index contributed by atoms with van der Waals surface area (Å²) in [4.78, 5) is 14.0. The van der Waals surface area contributed by atoms with Gasteiger partial charge in [0, 0.05) is 40.1 Å². The Bertz CT molecular complexity index is 839. The Morgan fingerprint density at radius 1 is 1.17 bits per heavy atom. The number of aromatic nitrogens is 2. The number of unbranched alkanes of at least 4 members (excludes halogenated alkanes) is 1. The van der Waals surface area contributed by atoms with Crippen molar-refractivity contribution in [1.82, 2.24) is 9.97 Å². The van der Waals surface area contributed by atoms with E-state index in [0.29, 0.717) is 30.4 Å². The summed E-state index contributed by atoms with van der Waals surface area (Å²) < 4.78 is 6.31. The highest BCUT2D eigenvalue weighted by Gasteiger charge is 2.14. The predicted molar refractivity (Wildman–Crippen MR) is 127 cm³/mol. The van der Waals surface area contributed by atoms with Crippen LogP contribution in [0, 0.1) is 6.92 Å². The summed E-state index contributed by atoms with van der Waals surface area (Å²) >= 11 is 3.45. The normalized spacial score (nSPS) is 12.4. The summed E-state index contributed by atoms with van der Waals surface area (Å²) in [5.41, 5.74) is 2.78. The highest BCUT2D eigenvalue weighted by atomic mass is 79.9. The summed E-state index contributed by atoms with van der Waals surface area (Å²) in [6.07, 6.45) is 8.11. The fourth-order valence-electron chi connectivity index (χ4n) is 3.41. The molecule has 1 aromatic heterocycles. The molecule has 0 amide bonds. The molecule has 0 aliphatic carbocycles. The van der Waals surface area contributed by atoms with E-state index in [0.717, 1.165) is 47.4 Å². The molecule has 0 saturated carbocycles. The number of phenolic OH excluding ortho intramolecular Hbond substituents is 1. The first-order valence-electron chi connectivity index (χ1n) is 11.0. The van der Waals surface area contributed by atoms with Crippen molar-refractivity contribution in [3.63, 3.8) is 0 Å². The smallest absolute Gasteiger partial charge is 0.166 e. The SMILES string of the molecule is CCCCC(CC)c1nc(C)cc(CCCN=Cc2cc(Br)cc(OCC)c2O)n1. The lowest BCUT2D eigenvalue weighted by Gasteiger charge is -2.14. The Labute approximate surface area is 189 Å². The molecule has 6 heteroatoms. The van der Waals surface area contributed by atoms with Gasteiger partial charge in [-0.2, -0.15) is 0 Å². The first-order valence-corrected chi connectivity index (χ1v) is 11.8. The average Bonchev–Trinajstić information content (AvgIpc) is 2.71. The van der Waals surface area contributed by atoms with Gasteiger partial charge < -0.3 is 9.84 Å². The summed E-state index contributed by atoms with van der Waals surface area (Å²) in [5.74, 6) is 2.02. The zero-order valence-electron chi connectivity index (χ0n) is 18.6. The van der Waals surface area contributed by atoms with Crippen LogP contribution < -0.4 is 4.74 Å². The molecule has 0 spiro atoms. The van der Waals surface area contributed by atoms with Gasteiger partial charge in [-0.15, -0.1) is 0 Å².